The topological polar surface area (TPSA) is 0 Å². The summed E-state index contributed by atoms with van der Waals surface area (Å²) in [7, 11) is -0.482. The minimum atomic E-state index is -1.40. The molecule has 0 fully saturated rings. The molecule has 4 heteroatoms. The van der Waals surface area contributed by atoms with Gasteiger partial charge in [-0.3, -0.25) is 0 Å². The molecule has 46 heavy (non-hydrogen) atoms. The maximum atomic E-state index is 2.41. The molecule has 0 aromatic heterocycles. The standard InChI is InChI=1S/C42H42As2P2/c1-7-19-37(20-8-1)43(38-21-9-2-10-22-38)31-33-45(41-27-15-5-16-28-41)35-36-46(42-29-17-6-18-30-42)34-32-44(39-23-11-3-12-24-39)40-25-13-4-14-26-40/h1-30H,31-36H2. The Labute approximate surface area is 288 Å². The van der Waals surface area contributed by atoms with E-state index >= 15 is 0 Å². The van der Waals surface area contributed by atoms with Gasteiger partial charge in [0, 0.05) is 0 Å². The summed E-state index contributed by atoms with van der Waals surface area (Å²) in [4.78, 5) is 0. The Bertz CT molecular complexity index is 1480. The van der Waals surface area contributed by atoms with Crippen molar-refractivity contribution in [3.63, 3.8) is 0 Å². The van der Waals surface area contributed by atoms with E-state index in [1.54, 1.807) is 28.0 Å². The van der Waals surface area contributed by atoms with Gasteiger partial charge in [-0.15, -0.1) is 0 Å². The molecule has 230 valence electrons. The molecule has 2 unspecified atom stereocenters. The molecule has 0 N–H and O–H groups in total. The molecule has 0 nitrogen and oxygen atoms in total. The zero-order valence-corrected chi connectivity index (χ0v) is 31.9. The van der Waals surface area contributed by atoms with Crippen LogP contribution in [0.2, 0.25) is 10.4 Å². The van der Waals surface area contributed by atoms with Crippen LogP contribution in [0.4, 0.5) is 0 Å². The van der Waals surface area contributed by atoms with Crippen LogP contribution in [0.5, 0.6) is 0 Å². The fourth-order valence-corrected chi connectivity index (χ4v) is 24.9. The molecule has 0 aliphatic carbocycles. The van der Waals surface area contributed by atoms with E-state index in [1.807, 2.05) is 0 Å². The Kier molecular flexibility index (Phi) is 13.0. The van der Waals surface area contributed by atoms with Gasteiger partial charge in [0.2, 0.25) is 0 Å². The molecule has 2 atom stereocenters. The zero-order valence-electron chi connectivity index (χ0n) is 26.4. The number of rotatable bonds is 15. The van der Waals surface area contributed by atoms with Crippen molar-refractivity contribution in [1.82, 2.24) is 0 Å². The normalized spacial score (nSPS) is 12.7. The van der Waals surface area contributed by atoms with Crippen molar-refractivity contribution in [1.29, 1.82) is 0 Å². The summed E-state index contributed by atoms with van der Waals surface area (Å²) in [6.45, 7) is 0. The SMILES string of the molecule is c1ccc(P(CCP(CC[As](c2ccccc2)c2ccccc2)c2ccccc2)CC[As](c2ccccc2)c2ccccc2)cc1. The predicted octanol–water partition coefficient (Wildman–Crippen LogP) is 7.22. The predicted molar refractivity (Wildman–Crippen MR) is 211 cm³/mol. The summed E-state index contributed by atoms with van der Waals surface area (Å²) in [5.41, 5.74) is 0. The molecule has 0 bridgehead atoms. The van der Waals surface area contributed by atoms with Crippen LogP contribution < -0.4 is 28.0 Å². The Hall–Kier alpha value is -2.70. The molecule has 0 aliphatic heterocycles. The molecule has 0 amide bonds. The molecule has 0 aliphatic rings. The number of benzene rings is 6. The number of hydrogen-bond acceptors (Lipinski definition) is 0. The van der Waals surface area contributed by atoms with Gasteiger partial charge < -0.3 is 0 Å². The molecule has 0 saturated carbocycles. The van der Waals surface area contributed by atoms with Crippen molar-refractivity contribution >= 4 is 73.2 Å². The molecule has 0 radical (unpaired) electrons. The van der Waals surface area contributed by atoms with Crippen molar-refractivity contribution in [3.8, 4) is 0 Å². The van der Waals surface area contributed by atoms with Gasteiger partial charge >= 0.3 is 290 Å². The molecule has 6 aromatic carbocycles. The third kappa shape index (κ3) is 9.44. The summed E-state index contributed by atoms with van der Waals surface area (Å²) in [6, 6.07) is 68.6. The summed E-state index contributed by atoms with van der Waals surface area (Å²) in [6.07, 6.45) is 5.25. The van der Waals surface area contributed by atoms with Crippen LogP contribution in [-0.2, 0) is 0 Å². The average molecular weight is 759 g/mol. The number of hydrogen-bond donors (Lipinski definition) is 0. The Balaban J connectivity index is 1.22. The molecule has 0 heterocycles. The second-order valence-corrected chi connectivity index (χ2v) is 26.1. The van der Waals surface area contributed by atoms with E-state index < -0.39 is 29.3 Å². The molecule has 0 spiro atoms. The molecule has 6 rings (SSSR count). The second kappa shape index (κ2) is 18.0. The quantitative estimate of drug-likeness (QED) is 0.0768. The summed E-state index contributed by atoms with van der Waals surface area (Å²) >= 11 is -2.79. The van der Waals surface area contributed by atoms with Crippen molar-refractivity contribution < 1.29 is 0 Å². The monoisotopic (exact) mass is 758 g/mol. The third-order valence-corrected chi connectivity index (χ3v) is 25.9. The Morgan fingerprint density at radius 2 is 0.522 bits per heavy atom. The molecule has 6 aromatic rings. The van der Waals surface area contributed by atoms with Gasteiger partial charge in [0.05, 0.1) is 0 Å². The fraction of sp³-hybridized carbons (Fsp3) is 0.143. The second-order valence-electron chi connectivity index (χ2n) is 11.3. The van der Waals surface area contributed by atoms with Gasteiger partial charge in [0.1, 0.15) is 0 Å². The van der Waals surface area contributed by atoms with Crippen LogP contribution in [0, 0.1) is 0 Å². The van der Waals surface area contributed by atoms with E-state index in [9.17, 15) is 0 Å². The van der Waals surface area contributed by atoms with Gasteiger partial charge in [0.15, 0.2) is 0 Å². The zero-order chi connectivity index (χ0) is 31.2. The average Bonchev–Trinajstić information content (AvgIpc) is 3.14. The van der Waals surface area contributed by atoms with E-state index in [0.717, 1.165) is 0 Å². The van der Waals surface area contributed by atoms with Crippen LogP contribution in [0.3, 0.4) is 0 Å². The van der Waals surface area contributed by atoms with Gasteiger partial charge in [-0.05, 0) is 0 Å². The third-order valence-electron chi connectivity index (χ3n) is 8.34. The van der Waals surface area contributed by atoms with Crippen molar-refractivity contribution in [2.24, 2.45) is 0 Å². The molecular formula is C42H42As2P2. The van der Waals surface area contributed by atoms with Crippen LogP contribution in [0.25, 0.3) is 0 Å². The van der Waals surface area contributed by atoms with Crippen molar-refractivity contribution in [2.75, 3.05) is 24.6 Å². The van der Waals surface area contributed by atoms with Crippen molar-refractivity contribution in [2.45, 2.75) is 10.4 Å². The van der Waals surface area contributed by atoms with Gasteiger partial charge in [-0.2, -0.15) is 0 Å². The summed E-state index contributed by atoms with van der Waals surface area (Å²) in [5.74, 6) is 0. The van der Waals surface area contributed by atoms with Crippen LogP contribution in [-0.4, -0.2) is 54.0 Å². The molecule has 0 saturated heterocycles. The van der Waals surface area contributed by atoms with Crippen LogP contribution >= 0.6 is 15.8 Å². The van der Waals surface area contributed by atoms with E-state index in [0.29, 0.717) is 0 Å². The van der Waals surface area contributed by atoms with E-state index in [-0.39, 0.29) is 15.8 Å². The van der Waals surface area contributed by atoms with E-state index in [4.69, 9.17) is 0 Å². The van der Waals surface area contributed by atoms with Gasteiger partial charge in [-0.25, -0.2) is 0 Å². The van der Waals surface area contributed by atoms with Crippen molar-refractivity contribution in [3.05, 3.63) is 182 Å². The Morgan fingerprint density at radius 3 is 0.783 bits per heavy atom. The summed E-state index contributed by atoms with van der Waals surface area (Å²) in [5, 5.41) is 5.80. The van der Waals surface area contributed by atoms with E-state index in [1.165, 1.54) is 35.1 Å². The molecular weight excluding hydrogens is 716 g/mol. The summed E-state index contributed by atoms with van der Waals surface area (Å²) < 4.78 is 6.31. The minimum absolute atomic E-state index is 0.241. The first kappa shape index (κ1) is 33.2. The van der Waals surface area contributed by atoms with Gasteiger partial charge in [0.25, 0.3) is 0 Å². The van der Waals surface area contributed by atoms with Crippen LogP contribution in [0.15, 0.2) is 182 Å². The first-order chi connectivity index (χ1) is 22.8. The maximum absolute atomic E-state index is 2.41. The van der Waals surface area contributed by atoms with Crippen LogP contribution in [0.1, 0.15) is 0 Å². The fourth-order valence-electron chi connectivity index (χ4n) is 5.95. The van der Waals surface area contributed by atoms with Gasteiger partial charge in [-0.1, -0.05) is 0 Å². The first-order valence-corrected chi connectivity index (χ1v) is 26.0. The Morgan fingerprint density at radius 1 is 0.283 bits per heavy atom. The first-order valence-electron chi connectivity index (χ1n) is 16.2. The van der Waals surface area contributed by atoms with E-state index in [2.05, 4.69) is 182 Å².